The van der Waals surface area contributed by atoms with Gasteiger partial charge in [-0.1, -0.05) is 17.7 Å². The molecule has 0 spiro atoms. The molecule has 3 fully saturated rings. The van der Waals surface area contributed by atoms with Gasteiger partial charge in [0.1, 0.15) is 23.6 Å². The molecule has 0 bridgehead atoms. The first-order valence-electron chi connectivity index (χ1n) is 14.4. The van der Waals surface area contributed by atoms with Crippen LogP contribution in [0.2, 0.25) is 5.02 Å². The van der Waals surface area contributed by atoms with Crippen LogP contribution < -0.4 is 10.1 Å². The molecular weight excluding hydrogens is 528 g/mol. The maximum atomic E-state index is 13.2. The lowest BCUT2D eigenvalue weighted by molar-refractivity contribution is -0.00454. The van der Waals surface area contributed by atoms with Crippen molar-refractivity contribution < 1.29 is 18.7 Å². The van der Waals surface area contributed by atoms with E-state index in [9.17, 15) is 4.79 Å². The Bertz CT molecular complexity index is 1510. The number of nitrogens with zero attached hydrogens (tertiary/aromatic N) is 2. The number of amides is 1. The summed E-state index contributed by atoms with van der Waals surface area (Å²) in [5.74, 6) is 1.34. The molecule has 2 aromatic heterocycles. The second-order valence-corrected chi connectivity index (χ2v) is 11.8. The van der Waals surface area contributed by atoms with Crippen LogP contribution in [0.1, 0.15) is 35.3 Å². The smallest absolute Gasteiger partial charge is 0.267 e. The van der Waals surface area contributed by atoms with E-state index < -0.39 is 0 Å². The number of likely N-dealkylation sites (tertiary alicyclic amines) is 1. The number of fused-ring (bicyclic) bond motifs is 3. The Labute approximate surface area is 238 Å². The third-order valence-electron chi connectivity index (χ3n) is 8.89. The normalized spacial score (nSPS) is 22.6. The zero-order valence-corrected chi connectivity index (χ0v) is 23.3. The van der Waals surface area contributed by atoms with Crippen LogP contribution in [0.15, 0.2) is 53.1 Å². The van der Waals surface area contributed by atoms with Crippen molar-refractivity contribution in [2.75, 3.05) is 45.9 Å². The van der Waals surface area contributed by atoms with Gasteiger partial charge in [-0.3, -0.25) is 9.69 Å². The van der Waals surface area contributed by atoms with Crippen LogP contribution in [-0.2, 0) is 11.3 Å². The average molecular weight is 563 g/mol. The highest BCUT2D eigenvalue weighted by molar-refractivity contribution is 6.31. The molecule has 3 aliphatic heterocycles. The fourth-order valence-corrected chi connectivity index (χ4v) is 6.83. The number of aromatic nitrogens is 1. The molecule has 2 atom stereocenters. The molecule has 40 heavy (non-hydrogen) atoms. The van der Waals surface area contributed by atoms with E-state index in [4.69, 9.17) is 25.5 Å². The molecule has 2 aromatic carbocycles. The molecule has 0 saturated carbocycles. The first-order chi connectivity index (χ1) is 19.6. The van der Waals surface area contributed by atoms with Gasteiger partial charge in [-0.25, -0.2) is 0 Å². The Morgan fingerprint density at radius 2 is 1.98 bits per heavy atom. The van der Waals surface area contributed by atoms with Gasteiger partial charge in [-0.15, -0.1) is 0 Å². The van der Waals surface area contributed by atoms with Gasteiger partial charge in [0.05, 0.1) is 19.5 Å². The predicted octanol–water partition coefficient (Wildman–Crippen LogP) is 5.06. The summed E-state index contributed by atoms with van der Waals surface area (Å²) >= 11 is 6.18. The van der Waals surface area contributed by atoms with Gasteiger partial charge in [0.15, 0.2) is 0 Å². The van der Waals surface area contributed by atoms with E-state index in [0.717, 1.165) is 79.7 Å². The monoisotopic (exact) mass is 562 g/mol. The van der Waals surface area contributed by atoms with E-state index >= 15 is 0 Å². The van der Waals surface area contributed by atoms with E-state index in [1.165, 1.54) is 13.0 Å². The standard InChI is InChI=1S/C31H35ClN4O4/c32-22-4-5-30-24(14-22)21(18-40-30)17-39-29-3-1-2-26-25(29)15-27(34-26)31(37)33-23-7-9-35(10-8-23)16-20-6-11-36-12-13-38-19-28(20)36/h1-5,14-15,18,20,23,28,34H,6-13,16-17,19H2,(H,33,37). The van der Waals surface area contributed by atoms with Gasteiger partial charge >= 0.3 is 0 Å². The molecule has 0 radical (unpaired) electrons. The number of hydrogen-bond acceptors (Lipinski definition) is 6. The Balaban J connectivity index is 0.953. The highest BCUT2D eigenvalue weighted by atomic mass is 35.5. The molecule has 4 aromatic rings. The number of furan rings is 1. The average Bonchev–Trinajstić information content (AvgIpc) is 3.70. The van der Waals surface area contributed by atoms with Crippen LogP contribution in [0, 0.1) is 5.92 Å². The van der Waals surface area contributed by atoms with E-state index in [-0.39, 0.29) is 11.9 Å². The zero-order valence-electron chi connectivity index (χ0n) is 22.5. The van der Waals surface area contributed by atoms with Gasteiger partial charge in [0.25, 0.3) is 5.91 Å². The van der Waals surface area contributed by atoms with Crippen molar-refractivity contribution in [3.05, 3.63) is 65.0 Å². The summed E-state index contributed by atoms with van der Waals surface area (Å²) in [6.45, 7) is 7.55. The number of halogens is 1. The van der Waals surface area contributed by atoms with Crippen LogP contribution in [-0.4, -0.2) is 78.7 Å². The van der Waals surface area contributed by atoms with Crippen molar-refractivity contribution in [3.8, 4) is 5.75 Å². The zero-order chi connectivity index (χ0) is 27.1. The minimum absolute atomic E-state index is 0.0677. The number of aromatic amines is 1. The second kappa shape index (κ2) is 11.1. The van der Waals surface area contributed by atoms with E-state index in [1.54, 1.807) is 6.26 Å². The predicted molar refractivity (Wildman–Crippen MR) is 155 cm³/mol. The number of morpholine rings is 1. The molecule has 2 N–H and O–H groups in total. The molecule has 7 rings (SSSR count). The SMILES string of the molecule is O=C(NC1CCN(CC2CCN3CCOCC23)CC1)c1cc2c(OCc3coc4ccc(Cl)cc34)cccc2[nH]1. The molecule has 0 aliphatic carbocycles. The summed E-state index contributed by atoms with van der Waals surface area (Å²) < 4.78 is 17.6. The van der Waals surface area contributed by atoms with Crippen molar-refractivity contribution in [3.63, 3.8) is 0 Å². The van der Waals surface area contributed by atoms with Crippen molar-refractivity contribution >= 4 is 39.4 Å². The van der Waals surface area contributed by atoms with Crippen LogP contribution in [0.4, 0.5) is 0 Å². The van der Waals surface area contributed by atoms with Crippen molar-refractivity contribution in [2.24, 2.45) is 5.92 Å². The first kappa shape index (κ1) is 25.9. The van der Waals surface area contributed by atoms with E-state index in [1.807, 2.05) is 42.5 Å². The maximum absolute atomic E-state index is 13.2. The number of nitrogens with one attached hydrogen (secondary N) is 2. The molecule has 3 aliphatic rings. The van der Waals surface area contributed by atoms with Crippen molar-refractivity contribution in [1.29, 1.82) is 0 Å². The number of hydrogen-bond donors (Lipinski definition) is 2. The third-order valence-corrected chi connectivity index (χ3v) is 9.13. The number of H-pyrrole nitrogens is 1. The number of carbonyl (C=O) groups excluding carboxylic acids is 1. The Hall–Kier alpha value is -3.04. The molecule has 210 valence electrons. The van der Waals surface area contributed by atoms with Crippen molar-refractivity contribution in [2.45, 2.75) is 38.0 Å². The Kier molecular flexibility index (Phi) is 7.18. The minimum Gasteiger partial charge on any atom is -0.488 e. The number of benzene rings is 2. The minimum atomic E-state index is -0.0677. The fourth-order valence-electron chi connectivity index (χ4n) is 6.66. The summed E-state index contributed by atoms with van der Waals surface area (Å²) in [6.07, 6.45) is 4.92. The Morgan fingerprint density at radius 1 is 1.07 bits per heavy atom. The number of ether oxygens (including phenoxy) is 2. The molecule has 8 nitrogen and oxygen atoms in total. The highest BCUT2D eigenvalue weighted by Crippen LogP contribution is 2.31. The first-order valence-corrected chi connectivity index (χ1v) is 14.7. The number of carbonyl (C=O) groups is 1. The topological polar surface area (TPSA) is 83.0 Å². The second-order valence-electron chi connectivity index (χ2n) is 11.4. The van der Waals surface area contributed by atoms with Crippen LogP contribution >= 0.6 is 11.6 Å². The molecule has 3 saturated heterocycles. The third kappa shape index (κ3) is 5.21. The van der Waals surface area contributed by atoms with E-state index in [0.29, 0.717) is 35.0 Å². The molecular formula is C31H35ClN4O4. The number of rotatable bonds is 7. The lowest BCUT2D eigenvalue weighted by Gasteiger charge is -2.37. The van der Waals surface area contributed by atoms with Crippen molar-refractivity contribution in [1.82, 2.24) is 20.1 Å². The van der Waals surface area contributed by atoms with Gasteiger partial charge in [-0.05, 0) is 68.1 Å². The summed E-state index contributed by atoms with van der Waals surface area (Å²) in [7, 11) is 0. The lowest BCUT2D eigenvalue weighted by atomic mass is 9.97. The van der Waals surface area contributed by atoms with Gasteiger partial charge < -0.3 is 29.1 Å². The molecule has 9 heteroatoms. The van der Waals surface area contributed by atoms with Crippen LogP contribution in [0.5, 0.6) is 5.75 Å². The van der Waals surface area contributed by atoms with Gasteiger partial charge in [0.2, 0.25) is 0 Å². The van der Waals surface area contributed by atoms with Crippen LogP contribution in [0.25, 0.3) is 21.9 Å². The highest BCUT2D eigenvalue weighted by Gasteiger charge is 2.37. The lowest BCUT2D eigenvalue weighted by Crippen LogP contribution is -2.49. The van der Waals surface area contributed by atoms with Gasteiger partial charge in [0, 0.05) is 65.1 Å². The quantitative estimate of drug-likeness (QED) is 0.328. The molecule has 2 unspecified atom stereocenters. The molecule has 5 heterocycles. The molecule has 1 amide bonds. The maximum Gasteiger partial charge on any atom is 0.267 e. The largest absolute Gasteiger partial charge is 0.488 e. The number of piperidine rings is 1. The van der Waals surface area contributed by atoms with Gasteiger partial charge in [-0.2, -0.15) is 0 Å². The fraction of sp³-hybridized carbons (Fsp3) is 0.452. The van der Waals surface area contributed by atoms with Crippen LogP contribution in [0.3, 0.4) is 0 Å². The van der Waals surface area contributed by atoms with E-state index in [2.05, 4.69) is 20.1 Å². The summed E-state index contributed by atoms with van der Waals surface area (Å²) in [5, 5.41) is 5.74. The summed E-state index contributed by atoms with van der Waals surface area (Å²) in [5.41, 5.74) is 3.12. The summed E-state index contributed by atoms with van der Waals surface area (Å²) in [4.78, 5) is 21.7. The Morgan fingerprint density at radius 3 is 2.88 bits per heavy atom. The summed E-state index contributed by atoms with van der Waals surface area (Å²) in [6, 6.07) is 14.0.